The van der Waals surface area contributed by atoms with Crippen LogP contribution in [0, 0.1) is 11.8 Å². The normalized spacial score (nSPS) is 15.4. The molecule has 0 aromatic heterocycles. The van der Waals surface area contributed by atoms with Crippen LogP contribution in [0.5, 0.6) is 0 Å². The first-order valence-corrected chi connectivity index (χ1v) is 6.94. The molecule has 1 aromatic carbocycles. The number of hydrogen-bond acceptors (Lipinski definition) is 3. The molecule has 0 radical (unpaired) electrons. The summed E-state index contributed by atoms with van der Waals surface area (Å²) in [5, 5.41) is 8.82. The van der Waals surface area contributed by atoms with Crippen LogP contribution in [0.2, 0.25) is 5.02 Å². The number of amides is 2. The Morgan fingerprint density at radius 2 is 2.05 bits per heavy atom. The van der Waals surface area contributed by atoms with E-state index in [-0.39, 0.29) is 30.1 Å². The second-order valence-corrected chi connectivity index (χ2v) is 5.38. The van der Waals surface area contributed by atoms with E-state index < -0.39 is 0 Å². The minimum absolute atomic E-state index is 0. The van der Waals surface area contributed by atoms with Crippen LogP contribution in [0.4, 0.5) is 5.69 Å². The molecular weight excluding hydrogens is 313 g/mol. The molecule has 7 heteroatoms. The summed E-state index contributed by atoms with van der Waals surface area (Å²) < 4.78 is 0. The molecule has 0 spiro atoms. The Morgan fingerprint density at radius 3 is 2.52 bits per heavy atom. The average Bonchev–Trinajstić information content (AvgIpc) is 2.36. The zero-order valence-electron chi connectivity index (χ0n) is 11.9. The highest BCUT2D eigenvalue weighted by Crippen LogP contribution is 2.23. The van der Waals surface area contributed by atoms with Gasteiger partial charge in [0, 0.05) is 18.7 Å². The van der Waals surface area contributed by atoms with Crippen LogP contribution in [-0.2, 0) is 4.79 Å². The average molecular weight is 332 g/mol. The van der Waals surface area contributed by atoms with Gasteiger partial charge in [0.25, 0.3) is 5.91 Å². The minimum Gasteiger partial charge on any atom is -0.355 e. The van der Waals surface area contributed by atoms with Gasteiger partial charge in [-0.25, -0.2) is 0 Å². The molecule has 1 fully saturated rings. The van der Waals surface area contributed by atoms with Crippen LogP contribution in [0.15, 0.2) is 18.2 Å². The van der Waals surface area contributed by atoms with Gasteiger partial charge in [0.2, 0.25) is 5.91 Å². The molecule has 2 rings (SSSR count). The lowest BCUT2D eigenvalue weighted by molar-refractivity contribution is -0.121. The molecule has 21 heavy (non-hydrogen) atoms. The monoisotopic (exact) mass is 331 g/mol. The topological polar surface area (TPSA) is 70.2 Å². The smallest absolute Gasteiger partial charge is 0.252 e. The van der Waals surface area contributed by atoms with Crippen molar-refractivity contribution < 1.29 is 9.59 Å². The first-order valence-electron chi connectivity index (χ1n) is 6.56. The third-order valence-corrected chi connectivity index (χ3v) is 3.95. The second kappa shape index (κ2) is 7.64. The van der Waals surface area contributed by atoms with Crippen molar-refractivity contribution in [2.24, 2.45) is 11.8 Å². The van der Waals surface area contributed by atoms with Crippen LogP contribution < -0.4 is 16.0 Å². The van der Waals surface area contributed by atoms with E-state index in [1.807, 2.05) is 6.92 Å². The van der Waals surface area contributed by atoms with Gasteiger partial charge in [0.1, 0.15) is 0 Å². The largest absolute Gasteiger partial charge is 0.355 e. The fraction of sp³-hybridized carbons (Fsp3) is 0.429. The number of anilines is 1. The first kappa shape index (κ1) is 17.8. The third kappa shape index (κ3) is 4.09. The summed E-state index contributed by atoms with van der Waals surface area (Å²) in [6.45, 7) is 3.68. The third-order valence-electron chi connectivity index (χ3n) is 3.64. The summed E-state index contributed by atoms with van der Waals surface area (Å²) in [6, 6.07) is 4.88. The fourth-order valence-corrected chi connectivity index (χ4v) is 2.31. The van der Waals surface area contributed by atoms with Crippen molar-refractivity contribution in [2.45, 2.75) is 6.92 Å². The van der Waals surface area contributed by atoms with E-state index in [0.717, 1.165) is 13.1 Å². The van der Waals surface area contributed by atoms with E-state index in [2.05, 4.69) is 16.0 Å². The summed E-state index contributed by atoms with van der Waals surface area (Å²) >= 11 is 6.04. The summed E-state index contributed by atoms with van der Waals surface area (Å²) in [6.07, 6.45) is 0. The molecule has 0 bridgehead atoms. The Balaban J connectivity index is 0.00000220. The SMILES string of the molecule is CNC(=O)c1ccc(NC(=O)C(C)C2CNC2)cc1Cl.Cl. The van der Waals surface area contributed by atoms with E-state index in [1.165, 1.54) is 0 Å². The second-order valence-electron chi connectivity index (χ2n) is 4.97. The zero-order chi connectivity index (χ0) is 14.7. The van der Waals surface area contributed by atoms with Gasteiger partial charge in [-0.3, -0.25) is 9.59 Å². The highest BCUT2D eigenvalue weighted by Gasteiger charge is 2.28. The van der Waals surface area contributed by atoms with Crippen molar-refractivity contribution in [2.75, 3.05) is 25.5 Å². The quantitative estimate of drug-likeness (QED) is 0.789. The summed E-state index contributed by atoms with van der Waals surface area (Å²) in [5.41, 5.74) is 0.996. The number of hydrogen-bond donors (Lipinski definition) is 3. The zero-order valence-corrected chi connectivity index (χ0v) is 13.5. The van der Waals surface area contributed by atoms with E-state index in [9.17, 15) is 9.59 Å². The lowest BCUT2D eigenvalue weighted by Gasteiger charge is -2.31. The van der Waals surface area contributed by atoms with E-state index in [1.54, 1.807) is 25.2 Å². The van der Waals surface area contributed by atoms with Crippen molar-refractivity contribution in [1.82, 2.24) is 10.6 Å². The van der Waals surface area contributed by atoms with Gasteiger partial charge in [-0.1, -0.05) is 18.5 Å². The van der Waals surface area contributed by atoms with Gasteiger partial charge >= 0.3 is 0 Å². The van der Waals surface area contributed by atoms with Crippen molar-refractivity contribution in [3.05, 3.63) is 28.8 Å². The van der Waals surface area contributed by atoms with Crippen LogP contribution in [0.25, 0.3) is 0 Å². The maximum absolute atomic E-state index is 12.1. The Kier molecular flexibility index (Phi) is 6.45. The molecule has 0 aliphatic carbocycles. The molecule has 0 saturated carbocycles. The van der Waals surface area contributed by atoms with Gasteiger partial charge in [-0.05, 0) is 37.2 Å². The molecule has 1 atom stereocenters. The molecule has 1 heterocycles. The summed E-state index contributed by atoms with van der Waals surface area (Å²) in [7, 11) is 1.54. The Labute approximate surface area is 135 Å². The Hall–Kier alpha value is -1.30. The summed E-state index contributed by atoms with van der Waals surface area (Å²) in [4.78, 5) is 23.6. The molecule has 1 saturated heterocycles. The standard InChI is InChI=1S/C14H18ClN3O2.ClH/c1-8(9-6-17-7-9)13(19)18-10-3-4-11(12(15)5-10)14(20)16-2;/h3-5,8-9,17H,6-7H2,1-2H3,(H,16,20)(H,18,19);1H. The maximum Gasteiger partial charge on any atom is 0.252 e. The Morgan fingerprint density at radius 1 is 1.38 bits per heavy atom. The van der Waals surface area contributed by atoms with Crippen molar-refractivity contribution in [1.29, 1.82) is 0 Å². The first-order chi connectivity index (χ1) is 9.52. The van der Waals surface area contributed by atoms with Crippen molar-refractivity contribution in [3.63, 3.8) is 0 Å². The molecule has 2 amide bonds. The number of benzene rings is 1. The molecule has 1 aliphatic heterocycles. The molecule has 1 aliphatic rings. The molecule has 1 aromatic rings. The highest BCUT2D eigenvalue weighted by molar-refractivity contribution is 6.34. The molecule has 1 unspecified atom stereocenters. The number of nitrogens with one attached hydrogen (secondary N) is 3. The predicted octanol–water partition coefficient (Wildman–Crippen LogP) is 1.92. The van der Waals surface area contributed by atoms with Gasteiger partial charge in [0.15, 0.2) is 0 Å². The van der Waals surface area contributed by atoms with E-state index in [0.29, 0.717) is 22.2 Å². The number of carbonyl (C=O) groups is 2. The van der Waals surface area contributed by atoms with Crippen LogP contribution in [0.1, 0.15) is 17.3 Å². The Bertz CT molecular complexity index is 533. The number of carbonyl (C=O) groups excluding carboxylic acids is 2. The molecule has 5 nitrogen and oxygen atoms in total. The van der Waals surface area contributed by atoms with E-state index >= 15 is 0 Å². The van der Waals surface area contributed by atoms with E-state index in [4.69, 9.17) is 11.6 Å². The minimum atomic E-state index is -0.248. The highest BCUT2D eigenvalue weighted by atomic mass is 35.5. The van der Waals surface area contributed by atoms with Crippen LogP contribution in [-0.4, -0.2) is 32.0 Å². The van der Waals surface area contributed by atoms with Crippen molar-refractivity contribution >= 4 is 41.5 Å². The number of rotatable bonds is 4. The maximum atomic E-state index is 12.1. The molecule has 3 N–H and O–H groups in total. The summed E-state index contributed by atoms with van der Waals surface area (Å²) in [5.74, 6) is 0.0614. The fourth-order valence-electron chi connectivity index (χ4n) is 2.05. The predicted molar refractivity (Wildman–Crippen MR) is 86.2 cm³/mol. The van der Waals surface area contributed by atoms with Crippen LogP contribution >= 0.6 is 24.0 Å². The lowest BCUT2D eigenvalue weighted by Crippen LogP contribution is -2.48. The van der Waals surface area contributed by atoms with Gasteiger partial charge in [-0.2, -0.15) is 0 Å². The van der Waals surface area contributed by atoms with Gasteiger partial charge in [-0.15, -0.1) is 12.4 Å². The van der Waals surface area contributed by atoms with Gasteiger partial charge in [0.05, 0.1) is 10.6 Å². The van der Waals surface area contributed by atoms with Crippen molar-refractivity contribution in [3.8, 4) is 0 Å². The lowest BCUT2D eigenvalue weighted by atomic mass is 9.88. The van der Waals surface area contributed by atoms with Crippen LogP contribution in [0.3, 0.4) is 0 Å². The molecule has 116 valence electrons. The number of halogens is 2. The molecular formula is C14H19Cl2N3O2. The van der Waals surface area contributed by atoms with Gasteiger partial charge < -0.3 is 16.0 Å².